The lowest BCUT2D eigenvalue weighted by Gasteiger charge is -2.05. The van der Waals surface area contributed by atoms with Gasteiger partial charge in [0.15, 0.2) is 0 Å². The van der Waals surface area contributed by atoms with Gasteiger partial charge in [-0.15, -0.1) is 5.10 Å². The van der Waals surface area contributed by atoms with E-state index in [-0.39, 0.29) is 0 Å². The van der Waals surface area contributed by atoms with Crippen LogP contribution in [-0.2, 0) is 4.74 Å². The lowest BCUT2D eigenvalue weighted by Crippen LogP contribution is -2.12. The summed E-state index contributed by atoms with van der Waals surface area (Å²) < 4.78 is 4.90. The average Bonchev–Trinajstić information content (AvgIpc) is 2.27. The quantitative estimate of drug-likeness (QED) is 0.648. The lowest BCUT2D eigenvalue weighted by atomic mass is 10.5. The molecule has 0 amide bonds. The third kappa shape index (κ3) is 4.55. The fraction of sp³-hybridized carbons (Fsp3) is 0.667. The van der Waals surface area contributed by atoms with E-state index in [9.17, 15) is 0 Å². The second kappa shape index (κ2) is 6.94. The first-order valence-electron chi connectivity index (χ1n) is 5.03. The number of nitrogens with zero attached hydrogens (tertiary/aromatic N) is 3. The summed E-state index contributed by atoms with van der Waals surface area (Å²) in [6.07, 6.45) is 2.66. The summed E-state index contributed by atoms with van der Waals surface area (Å²) in [5.74, 6) is 1.26. The van der Waals surface area contributed by atoms with Crippen LogP contribution < -0.4 is 10.6 Å². The van der Waals surface area contributed by atoms with Gasteiger partial charge in [0.25, 0.3) is 0 Å². The van der Waals surface area contributed by atoms with Gasteiger partial charge >= 0.3 is 0 Å². The van der Waals surface area contributed by atoms with Gasteiger partial charge in [0.1, 0.15) is 5.82 Å². The Morgan fingerprint density at radius 3 is 2.93 bits per heavy atom. The van der Waals surface area contributed by atoms with E-state index in [1.54, 1.807) is 13.3 Å². The van der Waals surface area contributed by atoms with Gasteiger partial charge in [-0.25, -0.2) is 0 Å². The summed E-state index contributed by atoms with van der Waals surface area (Å²) in [7, 11) is 1.65. The van der Waals surface area contributed by atoms with Crippen LogP contribution in [0.15, 0.2) is 6.20 Å². The molecule has 15 heavy (non-hydrogen) atoms. The molecule has 0 unspecified atom stereocenters. The molecule has 1 heterocycles. The van der Waals surface area contributed by atoms with Crippen LogP contribution in [0.1, 0.15) is 13.3 Å². The van der Waals surface area contributed by atoms with Gasteiger partial charge in [-0.1, -0.05) is 6.92 Å². The average molecular weight is 211 g/mol. The molecule has 0 fully saturated rings. The molecular formula is C9H17N5O. The van der Waals surface area contributed by atoms with Crippen LogP contribution in [0.5, 0.6) is 0 Å². The minimum Gasteiger partial charge on any atom is -0.383 e. The normalized spacial score (nSPS) is 10.0. The summed E-state index contributed by atoms with van der Waals surface area (Å²) in [6, 6.07) is 0. The Bertz CT molecular complexity index is 281. The Labute approximate surface area is 89.5 Å². The first kappa shape index (κ1) is 11.6. The maximum Gasteiger partial charge on any atom is 0.244 e. The second-order valence-electron chi connectivity index (χ2n) is 3.01. The predicted molar refractivity (Wildman–Crippen MR) is 59.0 cm³/mol. The summed E-state index contributed by atoms with van der Waals surface area (Å²) >= 11 is 0. The van der Waals surface area contributed by atoms with Gasteiger partial charge in [0.05, 0.1) is 12.8 Å². The van der Waals surface area contributed by atoms with E-state index in [0.717, 1.165) is 18.8 Å². The molecular weight excluding hydrogens is 194 g/mol. The molecule has 1 rings (SSSR count). The third-order valence-electron chi connectivity index (χ3n) is 1.70. The molecule has 6 nitrogen and oxygen atoms in total. The van der Waals surface area contributed by atoms with E-state index in [4.69, 9.17) is 4.74 Å². The molecule has 0 aromatic carbocycles. The maximum absolute atomic E-state index is 4.90. The van der Waals surface area contributed by atoms with Crippen LogP contribution in [0, 0.1) is 0 Å². The van der Waals surface area contributed by atoms with Gasteiger partial charge in [-0.2, -0.15) is 10.1 Å². The number of nitrogens with one attached hydrogen (secondary N) is 2. The highest BCUT2D eigenvalue weighted by atomic mass is 16.5. The molecule has 0 aliphatic heterocycles. The minimum absolute atomic E-state index is 0.521. The van der Waals surface area contributed by atoms with Gasteiger partial charge in [0.2, 0.25) is 5.95 Å². The van der Waals surface area contributed by atoms with E-state index in [1.807, 2.05) is 0 Å². The molecule has 0 radical (unpaired) electrons. The lowest BCUT2D eigenvalue weighted by molar-refractivity contribution is 0.210. The largest absolute Gasteiger partial charge is 0.383 e. The number of methoxy groups -OCH3 is 1. The summed E-state index contributed by atoms with van der Waals surface area (Å²) in [5, 5.41) is 13.8. The molecule has 1 aromatic rings. The topological polar surface area (TPSA) is 72.0 Å². The van der Waals surface area contributed by atoms with Crippen LogP contribution >= 0.6 is 0 Å². The highest BCUT2D eigenvalue weighted by Crippen LogP contribution is 2.02. The van der Waals surface area contributed by atoms with Crippen molar-refractivity contribution in [2.24, 2.45) is 0 Å². The van der Waals surface area contributed by atoms with E-state index in [1.165, 1.54) is 0 Å². The van der Waals surface area contributed by atoms with E-state index in [2.05, 4.69) is 32.7 Å². The number of hydrogen-bond donors (Lipinski definition) is 2. The molecule has 2 N–H and O–H groups in total. The van der Waals surface area contributed by atoms with Gasteiger partial charge < -0.3 is 15.4 Å². The van der Waals surface area contributed by atoms with E-state index in [0.29, 0.717) is 19.1 Å². The maximum atomic E-state index is 4.90. The zero-order valence-corrected chi connectivity index (χ0v) is 9.16. The summed E-state index contributed by atoms with van der Waals surface area (Å²) in [6.45, 7) is 4.28. The van der Waals surface area contributed by atoms with Crippen molar-refractivity contribution in [2.75, 3.05) is 37.4 Å². The van der Waals surface area contributed by atoms with Crippen molar-refractivity contribution < 1.29 is 4.74 Å². The van der Waals surface area contributed by atoms with Crippen molar-refractivity contribution in [1.29, 1.82) is 0 Å². The molecule has 0 saturated heterocycles. The molecule has 0 atom stereocenters. The number of ether oxygens (including phenoxy) is 1. The Morgan fingerprint density at radius 2 is 2.20 bits per heavy atom. The molecule has 0 aliphatic rings. The van der Waals surface area contributed by atoms with Crippen LogP contribution in [0.25, 0.3) is 0 Å². The number of hydrogen-bond acceptors (Lipinski definition) is 6. The van der Waals surface area contributed by atoms with Crippen molar-refractivity contribution >= 4 is 11.8 Å². The van der Waals surface area contributed by atoms with E-state index < -0.39 is 0 Å². The fourth-order valence-electron chi connectivity index (χ4n) is 0.982. The monoisotopic (exact) mass is 211 g/mol. The van der Waals surface area contributed by atoms with Crippen LogP contribution in [0.2, 0.25) is 0 Å². The number of anilines is 2. The van der Waals surface area contributed by atoms with Crippen LogP contribution in [0.4, 0.5) is 11.8 Å². The van der Waals surface area contributed by atoms with Crippen molar-refractivity contribution in [2.45, 2.75) is 13.3 Å². The zero-order chi connectivity index (χ0) is 10.9. The smallest absolute Gasteiger partial charge is 0.244 e. The van der Waals surface area contributed by atoms with Gasteiger partial charge in [-0.3, -0.25) is 0 Å². The Balaban J connectivity index is 2.42. The Hall–Kier alpha value is -1.43. The van der Waals surface area contributed by atoms with Crippen molar-refractivity contribution in [3.63, 3.8) is 0 Å². The van der Waals surface area contributed by atoms with Gasteiger partial charge in [-0.05, 0) is 6.42 Å². The molecule has 6 heteroatoms. The second-order valence-corrected chi connectivity index (χ2v) is 3.01. The van der Waals surface area contributed by atoms with Crippen molar-refractivity contribution in [1.82, 2.24) is 15.2 Å². The fourth-order valence-corrected chi connectivity index (χ4v) is 0.982. The Morgan fingerprint density at radius 1 is 1.33 bits per heavy atom. The predicted octanol–water partition coefficient (Wildman–Crippen LogP) is 0.752. The van der Waals surface area contributed by atoms with Crippen LogP contribution in [-0.4, -0.2) is 42.0 Å². The van der Waals surface area contributed by atoms with Gasteiger partial charge in [0, 0.05) is 20.2 Å². The molecule has 0 aliphatic carbocycles. The SMILES string of the molecule is CCCNc1cnnc(NCCOC)n1. The number of rotatable bonds is 7. The van der Waals surface area contributed by atoms with Crippen LogP contribution in [0.3, 0.4) is 0 Å². The molecule has 84 valence electrons. The third-order valence-corrected chi connectivity index (χ3v) is 1.70. The highest BCUT2D eigenvalue weighted by molar-refractivity contribution is 5.36. The summed E-state index contributed by atoms with van der Waals surface area (Å²) in [5.41, 5.74) is 0. The molecule has 0 saturated carbocycles. The highest BCUT2D eigenvalue weighted by Gasteiger charge is 1.98. The van der Waals surface area contributed by atoms with Crippen molar-refractivity contribution in [3.8, 4) is 0 Å². The molecule has 1 aromatic heterocycles. The van der Waals surface area contributed by atoms with E-state index >= 15 is 0 Å². The Kier molecular flexibility index (Phi) is 5.39. The molecule has 0 bridgehead atoms. The zero-order valence-electron chi connectivity index (χ0n) is 9.16. The minimum atomic E-state index is 0.521. The van der Waals surface area contributed by atoms with Crippen molar-refractivity contribution in [3.05, 3.63) is 6.20 Å². The standard InChI is InChI=1S/C9H17N5O/c1-3-4-10-8-7-12-14-9(13-8)11-5-6-15-2/h7H,3-6H2,1-2H3,(H2,10,11,13,14). The number of aromatic nitrogens is 3. The first-order chi connectivity index (χ1) is 7.36. The summed E-state index contributed by atoms with van der Waals surface area (Å²) in [4.78, 5) is 4.23. The first-order valence-corrected chi connectivity index (χ1v) is 5.03. The molecule has 0 spiro atoms.